The quantitative estimate of drug-likeness (QED) is 0.924. The molecule has 6 nitrogen and oxygen atoms in total. The highest BCUT2D eigenvalue weighted by Crippen LogP contribution is 2.49. The van der Waals surface area contributed by atoms with Gasteiger partial charge < -0.3 is 14.4 Å². The monoisotopic (exact) mass is 304 g/mol. The van der Waals surface area contributed by atoms with Gasteiger partial charge in [-0.25, -0.2) is 9.78 Å². The Morgan fingerprint density at radius 1 is 1.18 bits per heavy atom. The number of carboxylic acids is 1. The van der Waals surface area contributed by atoms with Crippen LogP contribution in [0.3, 0.4) is 0 Å². The third-order valence-electron chi connectivity index (χ3n) is 5.47. The molecule has 1 aromatic rings. The maximum atomic E-state index is 12.5. The zero-order valence-corrected chi connectivity index (χ0v) is 12.4. The Kier molecular flexibility index (Phi) is 3.20. The summed E-state index contributed by atoms with van der Waals surface area (Å²) >= 11 is 0. The molecular weight excluding hydrogens is 284 g/mol. The third-order valence-corrected chi connectivity index (χ3v) is 5.47. The van der Waals surface area contributed by atoms with Crippen LogP contribution in [0.2, 0.25) is 0 Å². The first-order valence-corrected chi connectivity index (χ1v) is 8.09. The summed E-state index contributed by atoms with van der Waals surface area (Å²) in [6.07, 6.45) is 7.02. The van der Waals surface area contributed by atoms with Crippen molar-refractivity contribution in [3.8, 4) is 0 Å². The molecule has 0 bridgehead atoms. The Morgan fingerprint density at radius 2 is 1.86 bits per heavy atom. The molecule has 3 atom stereocenters. The molecule has 1 aromatic heterocycles. The lowest BCUT2D eigenvalue weighted by atomic mass is 9.92. The van der Waals surface area contributed by atoms with Gasteiger partial charge in [0.15, 0.2) is 5.69 Å². The maximum Gasteiger partial charge on any atom is 0.357 e. The van der Waals surface area contributed by atoms with E-state index in [1.54, 1.807) is 0 Å². The van der Waals surface area contributed by atoms with E-state index >= 15 is 0 Å². The van der Waals surface area contributed by atoms with E-state index in [9.17, 15) is 9.59 Å². The fourth-order valence-electron chi connectivity index (χ4n) is 3.89. The van der Waals surface area contributed by atoms with Crippen molar-refractivity contribution < 1.29 is 19.1 Å². The molecule has 1 amide bonds. The Balaban J connectivity index is 1.32. The van der Waals surface area contributed by atoms with Gasteiger partial charge in [-0.05, 0) is 43.9 Å². The lowest BCUT2D eigenvalue weighted by Crippen LogP contribution is -2.50. The standard InChI is InChI=1S/C16H20N2O4/c19-15(9-1-3-10-5-11(10)4-2-9)18-6-12(7-18)14-17-13(8-22-14)16(20)21/h8-12H,1-7H2,(H,20,21)/t9?,10-,11+. The van der Waals surface area contributed by atoms with Crippen LogP contribution in [0.15, 0.2) is 10.7 Å². The molecule has 0 spiro atoms. The van der Waals surface area contributed by atoms with E-state index in [1.165, 1.54) is 25.5 Å². The van der Waals surface area contributed by atoms with Crippen molar-refractivity contribution in [3.05, 3.63) is 17.8 Å². The largest absolute Gasteiger partial charge is 0.476 e. The van der Waals surface area contributed by atoms with Gasteiger partial charge in [-0.2, -0.15) is 0 Å². The second kappa shape index (κ2) is 5.11. The molecule has 118 valence electrons. The topological polar surface area (TPSA) is 83.6 Å². The second-order valence-electron chi connectivity index (χ2n) is 6.92. The molecule has 3 fully saturated rings. The number of amides is 1. The SMILES string of the molecule is O=C(O)c1coc(C2CN(C(=O)C3CC[C@@H]4C[C@@H]4CC3)C2)n1. The van der Waals surface area contributed by atoms with Crippen molar-refractivity contribution in [2.45, 2.75) is 38.0 Å². The summed E-state index contributed by atoms with van der Waals surface area (Å²) in [5.41, 5.74) is -0.0669. The highest BCUT2D eigenvalue weighted by Gasteiger charge is 2.43. The van der Waals surface area contributed by atoms with E-state index < -0.39 is 5.97 Å². The number of rotatable bonds is 3. The van der Waals surface area contributed by atoms with Crippen LogP contribution in [-0.2, 0) is 4.79 Å². The highest BCUT2D eigenvalue weighted by atomic mass is 16.4. The number of hydrogen-bond acceptors (Lipinski definition) is 4. The van der Waals surface area contributed by atoms with Crippen LogP contribution in [0.4, 0.5) is 0 Å². The molecule has 2 saturated carbocycles. The van der Waals surface area contributed by atoms with Crippen LogP contribution < -0.4 is 0 Å². The maximum absolute atomic E-state index is 12.5. The number of fused-ring (bicyclic) bond motifs is 1. The fraction of sp³-hybridized carbons (Fsp3) is 0.688. The summed E-state index contributed by atoms with van der Waals surface area (Å²) in [6.45, 7) is 1.20. The van der Waals surface area contributed by atoms with Crippen LogP contribution in [0.1, 0.15) is 54.4 Å². The van der Waals surface area contributed by atoms with E-state index in [1.807, 2.05) is 4.90 Å². The minimum absolute atomic E-state index is 0.0382. The average Bonchev–Trinajstić information content (AvgIpc) is 3.05. The molecule has 1 unspecified atom stereocenters. The van der Waals surface area contributed by atoms with Crippen molar-refractivity contribution in [1.82, 2.24) is 9.88 Å². The zero-order chi connectivity index (χ0) is 15.3. The summed E-state index contributed by atoms with van der Waals surface area (Å²) < 4.78 is 5.21. The number of carbonyl (C=O) groups is 2. The predicted molar refractivity (Wildman–Crippen MR) is 76.3 cm³/mol. The molecule has 2 aliphatic carbocycles. The first kappa shape index (κ1) is 13.8. The van der Waals surface area contributed by atoms with Gasteiger partial charge in [-0.15, -0.1) is 0 Å². The molecule has 0 radical (unpaired) electrons. The Bertz CT molecular complexity index is 593. The molecule has 1 aliphatic heterocycles. The van der Waals surface area contributed by atoms with E-state index in [0.717, 1.165) is 24.7 Å². The summed E-state index contributed by atoms with van der Waals surface area (Å²) in [5.74, 6) is 1.63. The molecule has 22 heavy (non-hydrogen) atoms. The van der Waals surface area contributed by atoms with Gasteiger partial charge in [0.25, 0.3) is 0 Å². The molecule has 6 heteroatoms. The van der Waals surface area contributed by atoms with Crippen molar-refractivity contribution in [2.24, 2.45) is 17.8 Å². The van der Waals surface area contributed by atoms with Crippen molar-refractivity contribution >= 4 is 11.9 Å². The van der Waals surface area contributed by atoms with Crippen LogP contribution in [-0.4, -0.2) is 40.0 Å². The molecule has 0 aromatic carbocycles. The van der Waals surface area contributed by atoms with Crippen molar-refractivity contribution in [3.63, 3.8) is 0 Å². The van der Waals surface area contributed by atoms with Gasteiger partial charge in [0.2, 0.25) is 11.8 Å². The number of hydrogen-bond donors (Lipinski definition) is 1. The molecular formula is C16H20N2O4. The number of oxazole rings is 1. The van der Waals surface area contributed by atoms with E-state index in [0.29, 0.717) is 19.0 Å². The van der Waals surface area contributed by atoms with Gasteiger partial charge in [0, 0.05) is 19.0 Å². The Labute approximate surface area is 128 Å². The Morgan fingerprint density at radius 3 is 2.45 bits per heavy atom. The molecule has 3 aliphatic rings. The van der Waals surface area contributed by atoms with E-state index in [4.69, 9.17) is 9.52 Å². The average molecular weight is 304 g/mol. The van der Waals surface area contributed by atoms with E-state index in [-0.39, 0.29) is 23.4 Å². The number of aromatic carboxylic acids is 1. The predicted octanol–water partition coefficient (Wildman–Crippen LogP) is 2.12. The van der Waals surface area contributed by atoms with Crippen LogP contribution in [0.5, 0.6) is 0 Å². The van der Waals surface area contributed by atoms with Gasteiger partial charge in [0.1, 0.15) is 6.26 Å². The number of carboxylic acid groups (broad SMARTS) is 1. The lowest BCUT2D eigenvalue weighted by Gasteiger charge is -2.39. The fourth-order valence-corrected chi connectivity index (χ4v) is 3.89. The van der Waals surface area contributed by atoms with E-state index in [2.05, 4.69) is 4.98 Å². The minimum atomic E-state index is -1.08. The van der Waals surface area contributed by atoms with Gasteiger partial charge in [-0.1, -0.05) is 0 Å². The molecule has 1 N–H and O–H groups in total. The lowest BCUT2D eigenvalue weighted by molar-refractivity contribution is -0.140. The highest BCUT2D eigenvalue weighted by molar-refractivity contribution is 5.84. The summed E-state index contributed by atoms with van der Waals surface area (Å²) in [5, 5.41) is 8.85. The number of carbonyl (C=O) groups excluding carboxylic acids is 1. The van der Waals surface area contributed by atoms with Crippen LogP contribution in [0.25, 0.3) is 0 Å². The second-order valence-corrected chi connectivity index (χ2v) is 6.92. The van der Waals surface area contributed by atoms with Crippen molar-refractivity contribution in [1.29, 1.82) is 0 Å². The van der Waals surface area contributed by atoms with Crippen molar-refractivity contribution in [2.75, 3.05) is 13.1 Å². The molecule has 2 heterocycles. The van der Waals surface area contributed by atoms with Gasteiger partial charge >= 0.3 is 5.97 Å². The van der Waals surface area contributed by atoms with Crippen LogP contribution >= 0.6 is 0 Å². The summed E-state index contributed by atoms with van der Waals surface area (Å²) in [6, 6.07) is 0. The number of aromatic nitrogens is 1. The molecule has 4 rings (SSSR count). The molecule has 1 saturated heterocycles. The van der Waals surface area contributed by atoms with Crippen LogP contribution in [0, 0.1) is 17.8 Å². The smallest absolute Gasteiger partial charge is 0.357 e. The zero-order valence-electron chi connectivity index (χ0n) is 12.4. The van der Waals surface area contributed by atoms with Gasteiger partial charge in [0.05, 0.1) is 5.92 Å². The third kappa shape index (κ3) is 2.40. The summed E-state index contributed by atoms with van der Waals surface area (Å²) in [7, 11) is 0. The minimum Gasteiger partial charge on any atom is -0.476 e. The number of nitrogens with zero attached hydrogens (tertiary/aromatic N) is 2. The number of likely N-dealkylation sites (tertiary alicyclic amines) is 1. The Hall–Kier alpha value is -1.85. The first-order valence-electron chi connectivity index (χ1n) is 8.09. The van der Waals surface area contributed by atoms with Gasteiger partial charge in [-0.3, -0.25) is 4.79 Å². The summed E-state index contributed by atoms with van der Waals surface area (Å²) in [4.78, 5) is 29.2. The normalized spacial score (nSPS) is 31.1. The first-order chi connectivity index (χ1) is 10.6.